The van der Waals surface area contributed by atoms with Crippen LogP contribution in [0.5, 0.6) is 0 Å². The normalized spacial score (nSPS) is 34.2. The molecule has 0 saturated carbocycles. The van der Waals surface area contributed by atoms with Crippen molar-refractivity contribution in [1.82, 2.24) is 0 Å². The van der Waals surface area contributed by atoms with Crippen molar-refractivity contribution >= 4 is 13.6 Å². The van der Waals surface area contributed by atoms with E-state index in [9.17, 15) is 9.36 Å². The summed E-state index contributed by atoms with van der Waals surface area (Å²) in [6.45, 7) is 6.20. The van der Waals surface area contributed by atoms with E-state index in [2.05, 4.69) is 0 Å². The highest BCUT2D eigenvalue weighted by molar-refractivity contribution is 7.56. The molecule has 0 N–H and O–H groups in total. The summed E-state index contributed by atoms with van der Waals surface area (Å²) in [5.74, 6) is -0.575. The van der Waals surface area contributed by atoms with Gasteiger partial charge in [0.2, 0.25) is 0 Å². The molecule has 0 aromatic carbocycles. The molecular weight excluding hydrogens is 267 g/mol. The van der Waals surface area contributed by atoms with E-state index in [0.29, 0.717) is 13.0 Å². The first-order valence-corrected chi connectivity index (χ1v) is 8.29. The number of hydrogen-bond acceptors (Lipinski definition) is 5. The van der Waals surface area contributed by atoms with Gasteiger partial charge >= 0.3 is 13.6 Å². The Labute approximate surface area is 113 Å². The molecule has 3 atom stereocenters. The monoisotopic (exact) mass is 288 g/mol. The van der Waals surface area contributed by atoms with Crippen molar-refractivity contribution in [3.8, 4) is 0 Å². The minimum absolute atomic E-state index is 0.100. The second kappa shape index (κ2) is 5.39. The van der Waals surface area contributed by atoms with E-state index >= 15 is 0 Å². The largest absolute Gasteiger partial charge is 0.464 e. The van der Waals surface area contributed by atoms with Crippen molar-refractivity contribution in [2.24, 2.45) is 11.8 Å². The van der Waals surface area contributed by atoms with E-state index in [4.69, 9.17) is 13.8 Å². The van der Waals surface area contributed by atoms with Crippen LogP contribution in [0.25, 0.3) is 0 Å². The van der Waals surface area contributed by atoms with Crippen molar-refractivity contribution in [2.45, 2.75) is 32.3 Å². The Bertz CT molecular complexity index is 423. The predicted molar refractivity (Wildman–Crippen MR) is 71.0 cm³/mol. The van der Waals surface area contributed by atoms with E-state index in [1.807, 2.05) is 19.1 Å². The molecule has 1 aliphatic carbocycles. The molecule has 0 spiro atoms. The number of fused-ring (bicyclic) bond motifs is 2. The van der Waals surface area contributed by atoms with Gasteiger partial charge in [-0.05, 0) is 20.3 Å². The fourth-order valence-electron chi connectivity index (χ4n) is 2.91. The van der Waals surface area contributed by atoms with Gasteiger partial charge in [0.1, 0.15) is 0 Å². The highest BCUT2D eigenvalue weighted by Gasteiger charge is 2.64. The van der Waals surface area contributed by atoms with Crippen LogP contribution in [-0.2, 0) is 23.1 Å². The summed E-state index contributed by atoms with van der Waals surface area (Å²) in [7, 11) is -3.55. The number of rotatable bonds is 5. The summed E-state index contributed by atoms with van der Waals surface area (Å²) in [5, 5.41) is -1.18. The summed E-state index contributed by atoms with van der Waals surface area (Å²) >= 11 is 0. The van der Waals surface area contributed by atoms with Gasteiger partial charge in [0.25, 0.3) is 0 Å². The van der Waals surface area contributed by atoms with Crippen molar-refractivity contribution in [1.29, 1.82) is 0 Å². The lowest BCUT2D eigenvalue weighted by Crippen LogP contribution is -2.53. The molecule has 5 nitrogen and oxygen atoms in total. The summed E-state index contributed by atoms with van der Waals surface area (Å²) in [6.07, 6.45) is 4.43. The Hall–Kier alpha value is -0.640. The maximum atomic E-state index is 13.1. The zero-order chi connectivity index (χ0) is 14.1. The van der Waals surface area contributed by atoms with Crippen molar-refractivity contribution in [2.75, 3.05) is 19.8 Å². The molecular formula is C13H21O5P. The molecule has 6 heteroatoms. The van der Waals surface area contributed by atoms with Gasteiger partial charge in [0, 0.05) is 11.8 Å². The molecule has 0 aromatic rings. The van der Waals surface area contributed by atoms with Crippen molar-refractivity contribution in [3.05, 3.63) is 12.2 Å². The number of allylic oxidation sites excluding steroid dienone is 1. The van der Waals surface area contributed by atoms with Crippen LogP contribution in [0.15, 0.2) is 12.2 Å². The Kier molecular flexibility index (Phi) is 4.19. The third kappa shape index (κ3) is 2.18. The van der Waals surface area contributed by atoms with Crippen LogP contribution in [0.1, 0.15) is 27.2 Å². The lowest BCUT2D eigenvalue weighted by Gasteiger charge is -2.46. The molecule has 0 amide bonds. The van der Waals surface area contributed by atoms with E-state index in [1.54, 1.807) is 13.8 Å². The quantitative estimate of drug-likeness (QED) is 0.442. The first kappa shape index (κ1) is 14.8. The van der Waals surface area contributed by atoms with Crippen LogP contribution in [0, 0.1) is 11.8 Å². The van der Waals surface area contributed by atoms with Crippen molar-refractivity contribution < 1.29 is 23.1 Å². The topological polar surface area (TPSA) is 61.8 Å². The Morgan fingerprint density at radius 2 is 2.00 bits per heavy atom. The average Bonchev–Trinajstić information content (AvgIpc) is 2.37. The van der Waals surface area contributed by atoms with Gasteiger partial charge in [-0.15, -0.1) is 0 Å². The standard InChI is InChI=1S/C13H21O5P/c1-4-17-19(15,18-5-2)13-8-11(7-6-10(13)3)9-16-12(13)14/h6-7,10-11H,4-5,8-9H2,1-3H3/t10-,11-,13+/m1/s1. The number of esters is 1. The van der Waals surface area contributed by atoms with E-state index in [-0.39, 0.29) is 25.0 Å². The van der Waals surface area contributed by atoms with Gasteiger partial charge < -0.3 is 13.8 Å². The minimum atomic E-state index is -3.55. The summed E-state index contributed by atoms with van der Waals surface area (Å²) in [4.78, 5) is 12.3. The number of hydrogen-bond donors (Lipinski definition) is 0. The van der Waals surface area contributed by atoms with Crippen LogP contribution in [0.4, 0.5) is 0 Å². The fraction of sp³-hybridized carbons (Fsp3) is 0.769. The van der Waals surface area contributed by atoms with Crippen LogP contribution >= 0.6 is 7.60 Å². The van der Waals surface area contributed by atoms with Gasteiger partial charge in [0.05, 0.1) is 19.8 Å². The average molecular weight is 288 g/mol. The maximum Gasteiger partial charge on any atom is 0.348 e. The van der Waals surface area contributed by atoms with E-state index < -0.39 is 18.7 Å². The van der Waals surface area contributed by atoms with Crippen LogP contribution in [0.3, 0.4) is 0 Å². The molecule has 1 aliphatic heterocycles. The second-order valence-electron chi connectivity index (χ2n) is 4.99. The van der Waals surface area contributed by atoms with E-state index in [0.717, 1.165) is 0 Å². The molecule has 0 radical (unpaired) electrons. The molecule has 2 bridgehead atoms. The third-order valence-corrected chi connectivity index (χ3v) is 6.81. The first-order chi connectivity index (χ1) is 9.00. The van der Waals surface area contributed by atoms with Gasteiger partial charge in [-0.2, -0.15) is 0 Å². The predicted octanol–water partition coefficient (Wildman–Crippen LogP) is 2.76. The number of ether oxygens (including phenoxy) is 1. The smallest absolute Gasteiger partial charge is 0.348 e. The molecule has 1 saturated heterocycles. The molecule has 0 aromatic heterocycles. The highest BCUT2D eigenvalue weighted by atomic mass is 31.2. The van der Waals surface area contributed by atoms with Gasteiger partial charge in [0.15, 0.2) is 5.16 Å². The SMILES string of the molecule is CCOP(=O)(OCC)[C@@]12C[C@@H](C=C[C@H]1C)COC2=O. The Balaban J connectivity index is 2.49. The van der Waals surface area contributed by atoms with Crippen LogP contribution in [0.2, 0.25) is 0 Å². The first-order valence-electron chi connectivity index (χ1n) is 6.75. The summed E-state index contributed by atoms with van der Waals surface area (Å²) in [5.41, 5.74) is 0. The second-order valence-corrected chi connectivity index (χ2v) is 7.30. The number of cyclic esters (lactones) is 1. The van der Waals surface area contributed by atoms with Crippen LogP contribution < -0.4 is 0 Å². The lowest BCUT2D eigenvalue weighted by molar-refractivity contribution is -0.156. The highest BCUT2D eigenvalue weighted by Crippen LogP contribution is 2.67. The maximum absolute atomic E-state index is 13.1. The third-order valence-electron chi connectivity index (χ3n) is 3.87. The number of carbonyl (C=O) groups is 1. The molecule has 1 heterocycles. The zero-order valence-corrected chi connectivity index (χ0v) is 12.5. The Morgan fingerprint density at radius 1 is 1.37 bits per heavy atom. The van der Waals surface area contributed by atoms with Crippen molar-refractivity contribution in [3.63, 3.8) is 0 Å². The fourth-order valence-corrected chi connectivity index (χ4v) is 5.45. The number of carbonyl (C=O) groups excluding carboxylic acids is 1. The Morgan fingerprint density at radius 3 is 2.58 bits per heavy atom. The molecule has 2 rings (SSSR count). The molecule has 2 aliphatic rings. The lowest BCUT2D eigenvalue weighted by atomic mass is 9.77. The summed E-state index contributed by atoms with van der Waals surface area (Å²) < 4.78 is 29.2. The van der Waals surface area contributed by atoms with Crippen LogP contribution in [-0.4, -0.2) is 30.9 Å². The molecule has 1 fully saturated rings. The van der Waals surface area contributed by atoms with Gasteiger partial charge in [-0.25, -0.2) is 0 Å². The summed E-state index contributed by atoms with van der Waals surface area (Å²) in [6, 6.07) is 0. The minimum Gasteiger partial charge on any atom is -0.464 e. The van der Waals surface area contributed by atoms with E-state index in [1.165, 1.54) is 0 Å². The molecule has 108 valence electrons. The molecule has 19 heavy (non-hydrogen) atoms. The zero-order valence-electron chi connectivity index (χ0n) is 11.6. The van der Waals surface area contributed by atoms with Gasteiger partial charge in [-0.1, -0.05) is 19.1 Å². The van der Waals surface area contributed by atoms with Gasteiger partial charge in [-0.3, -0.25) is 9.36 Å². The molecule has 0 unspecified atom stereocenters.